The summed E-state index contributed by atoms with van der Waals surface area (Å²) in [5, 5.41) is 26.4. The number of carbonyl (C=O) groups is 1. The number of phosphoric ester groups is 1. The van der Waals surface area contributed by atoms with Crippen LogP contribution in [0.15, 0.2) is 131 Å². The van der Waals surface area contributed by atoms with E-state index in [0.717, 1.165) is 39.2 Å². The van der Waals surface area contributed by atoms with Crippen LogP contribution in [0.2, 0.25) is 5.02 Å². The molecular weight excluding hydrogens is 939 g/mol. The normalized spacial score (nSPS) is 13.7. The van der Waals surface area contributed by atoms with E-state index in [1.807, 2.05) is 87.5 Å². The van der Waals surface area contributed by atoms with Crippen LogP contribution < -0.4 is 19.8 Å². The van der Waals surface area contributed by atoms with Crippen LogP contribution in [0.5, 0.6) is 0 Å². The molecule has 0 spiro atoms. The maximum atomic E-state index is 13.6. The third-order valence-electron chi connectivity index (χ3n) is 11.3. The molecule has 6 aromatic rings. The number of halogens is 1. The maximum absolute atomic E-state index is 13.6. The first-order valence-corrected chi connectivity index (χ1v) is 25.7. The molecular formula is C47H50ClN6O10PS2. The molecule has 352 valence electrons. The summed E-state index contributed by atoms with van der Waals surface area (Å²) in [4.78, 5) is 47.8. The number of nitrogens with zero attached hydrogens (tertiary/aromatic N) is 4. The van der Waals surface area contributed by atoms with Crippen LogP contribution in [-0.4, -0.2) is 83.4 Å². The van der Waals surface area contributed by atoms with Gasteiger partial charge in [0, 0.05) is 88.3 Å². The Labute approximate surface area is 398 Å². The molecule has 1 fully saturated rings. The van der Waals surface area contributed by atoms with Crippen LogP contribution in [0.3, 0.4) is 0 Å². The van der Waals surface area contributed by atoms with Crippen LogP contribution in [0.4, 0.5) is 28.4 Å². The molecule has 7 rings (SSSR count). The summed E-state index contributed by atoms with van der Waals surface area (Å²) in [5.74, 6) is -0.649. The second-order valence-electron chi connectivity index (χ2n) is 16.2. The lowest BCUT2D eigenvalue weighted by atomic mass is 9.96. The van der Waals surface area contributed by atoms with E-state index in [9.17, 15) is 42.8 Å². The Morgan fingerprint density at radius 1 is 0.881 bits per heavy atom. The van der Waals surface area contributed by atoms with Gasteiger partial charge in [-0.15, -0.1) is 11.8 Å². The Kier molecular flexibility index (Phi) is 15.4. The van der Waals surface area contributed by atoms with Gasteiger partial charge in [0.15, 0.2) is 0 Å². The van der Waals surface area contributed by atoms with Gasteiger partial charge < -0.3 is 34.6 Å². The molecule has 0 radical (unpaired) electrons. The highest BCUT2D eigenvalue weighted by Crippen LogP contribution is 2.43. The molecule has 20 heteroatoms. The van der Waals surface area contributed by atoms with Gasteiger partial charge in [0.2, 0.25) is 0 Å². The molecule has 1 saturated heterocycles. The molecule has 5 aromatic carbocycles. The summed E-state index contributed by atoms with van der Waals surface area (Å²) in [6.45, 7) is 8.22. The van der Waals surface area contributed by atoms with Crippen molar-refractivity contribution in [3.05, 3.63) is 148 Å². The van der Waals surface area contributed by atoms with Gasteiger partial charge in [-0.25, -0.2) is 17.8 Å². The molecule has 16 nitrogen and oxygen atoms in total. The number of nitro benzene ring substituents is 1. The Balaban J connectivity index is 1.02. The first-order valence-electron chi connectivity index (χ1n) is 21.3. The van der Waals surface area contributed by atoms with Crippen molar-refractivity contribution < 1.29 is 42.1 Å². The van der Waals surface area contributed by atoms with E-state index in [0.29, 0.717) is 48.2 Å². The van der Waals surface area contributed by atoms with E-state index in [1.165, 1.54) is 23.9 Å². The predicted octanol–water partition coefficient (Wildman–Crippen LogP) is 10.2. The van der Waals surface area contributed by atoms with Crippen molar-refractivity contribution in [1.29, 1.82) is 0 Å². The Morgan fingerprint density at radius 2 is 1.54 bits per heavy atom. The van der Waals surface area contributed by atoms with Gasteiger partial charge in [-0.2, -0.15) is 0 Å². The monoisotopic (exact) mass is 988 g/mol. The topological polar surface area (TPSA) is 217 Å². The maximum Gasteiger partial charge on any atom is 0.469 e. The molecule has 0 bridgehead atoms. The fourth-order valence-corrected chi connectivity index (χ4v) is 10.8. The largest absolute Gasteiger partial charge is 0.478 e. The number of hydrogen-bond acceptors (Lipinski definition) is 11. The summed E-state index contributed by atoms with van der Waals surface area (Å²) in [5.41, 5.74) is 5.65. The number of rotatable bonds is 19. The molecule has 2 heterocycles. The molecule has 0 saturated carbocycles. The lowest BCUT2D eigenvalue weighted by Crippen LogP contribution is -2.46. The number of piperazine rings is 1. The smallest absolute Gasteiger partial charge is 0.469 e. The third-order valence-corrected chi connectivity index (χ3v) is 14.6. The molecule has 1 aliphatic rings. The average molecular weight is 990 g/mol. The molecule has 0 unspecified atom stereocenters. The van der Waals surface area contributed by atoms with Crippen molar-refractivity contribution in [2.75, 3.05) is 58.4 Å². The highest BCUT2D eigenvalue weighted by Gasteiger charge is 2.29. The lowest BCUT2D eigenvalue weighted by Gasteiger charge is -2.37. The second kappa shape index (κ2) is 21.0. The van der Waals surface area contributed by atoms with E-state index >= 15 is 0 Å². The van der Waals surface area contributed by atoms with Crippen LogP contribution >= 0.6 is 31.2 Å². The highest BCUT2D eigenvalue weighted by molar-refractivity contribution is 7.99. The van der Waals surface area contributed by atoms with E-state index in [2.05, 4.69) is 28.9 Å². The molecule has 1 aliphatic heterocycles. The molecule has 1 atom stereocenters. The van der Waals surface area contributed by atoms with Crippen LogP contribution in [0.25, 0.3) is 22.4 Å². The van der Waals surface area contributed by atoms with Gasteiger partial charge in [0.05, 0.1) is 27.7 Å². The number of carboxylic acid groups (broad SMARTS) is 1. The number of sulfonamides is 1. The number of anilines is 4. The fraction of sp³-hybridized carbons (Fsp3) is 0.255. The number of aromatic carboxylic acids is 1. The molecule has 5 N–H and O–H groups in total. The quantitative estimate of drug-likeness (QED) is 0.0221. The number of aromatic nitrogens is 1. The zero-order valence-corrected chi connectivity index (χ0v) is 40.1. The first-order chi connectivity index (χ1) is 31.9. The first kappa shape index (κ1) is 49.1. The number of nitro groups is 1. The van der Waals surface area contributed by atoms with Gasteiger partial charge >= 0.3 is 13.8 Å². The van der Waals surface area contributed by atoms with Crippen LogP contribution in [0, 0.1) is 17.0 Å². The zero-order chi connectivity index (χ0) is 48.0. The van der Waals surface area contributed by atoms with E-state index in [-0.39, 0.29) is 40.9 Å². The van der Waals surface area contributed by atoms with Gasteiger partial charge in [0.1, 0.15) is 5.69 Å². The highest BCUT2D eigenvalue weighted by atomic mass is 35.5. The van der Waals surface area contributed by atoms with E-state index in [1.54, 1.807) is 36.4 Å². The number of carboxylic acids is 1. The number of hydrogen-bond donors (Lipinski definition) is 5. The zero-order valence-electron chi connectivity index (χ0n) is 36.8. The predicted molar refractivity (Wildman–Crippen MR) is 264 cm³/mol. The standard InChI is InChI=1S/C47H50ClN6O10PS2/c1-31(2)53-32(3)44(47(55)56)45(46(53)33-12-14-35(48)15-13-33)34-8-7-9-39(28-34)52-25-23-51(24-26-52)38-18-16-36(17-19-38)50-67(62,63)41-20-21-42(43(29-41)54(57)58)49-37(22-27-64-65(59,60)61)30-66-40-10-5-4-6-11-40/h4-21,28-29,31,37,49-50H,22-27,30H2,1-3H3,(H,55,56)(H2,59,60,61)/t37-/m1/s1. The van der Waals surface area contributed by atoms with E-state index < -0.39 is 40.5 Å². The van der Waals surface area contributed by atoms with Gasteiger partial charge in [0.25, 0.3) is 15.7 Å². The fourth-order valence-electron chi connectivity index (χ4n) is 8.22. The summed E-state index contributed by atoms with van der Waals surface area (Å²) in [6.07, 6.45) is 0.0847. The number of nitrogens with one attached hydrogen (secondary N) is 2. The summed E-state index contributed by atoms with van der Waals surface area (Å²) in [6, 6.07) is 34.5. The van der Waals surface area contributed by atoms with Crippen molar-refractivity contribution in [2.24, 2.45) is 0 Å². The van der Waals surface area contributed by atoms with Crippen molar-refractivity contribution in [1.82, 2.24) is 4.57 Å². The second-order valence-corrected chi connectivity index (χ2v) is 20.6. The number of thioether (sulfide) groups is 1. The summed E-state index contributed by atoms with van der Waals surface area (Å²) in [7, 11) is -9.02. The summed E-state index contributed by atoms with van der Waals surface area (Å²) < 4.78 is 47.7. The lowest BCUT2D eigenvalue weighted by molar-refractivity contribution is -0.384. The average Bonchev–Trinajstić information content (AvgIpc) is 3.61. The van der Waals surface area contributed by atoms with Gasteiger partial charge in [-0.05, 0) is 111 Å². The third kappa shape index (κ3) is 12.0. The minimum absolute atomic E-state index is 0.0104. The van der Waals surface area contributed by atoms with Gasteiger partial charge in [-0.3, -0.25) is 19.4 Å². The van der Waals surface area contributed by atoms with E-state index in [4.69, 9.17) is 11.6 Å². The van der Waals surface area contributed by atoms with Crippen molar-refractivity contribution in [3.63, 3.8) is 0 Å². The molecule has 0 aliphatic carbocycles. The molecule has 67 heavy (non-hydrogen) atoms. The Bertz CT molecular complexity index is 2890. The van der Waals surface area contributed by atoms with Crippen molar-refractivity contribution in [2.45, 2.75) is 49.1 Å². The van der Waals surface area contributed by atoms with Crippen LogP contribution in [-0.2, 0) is 19.1 Å². The summed E-state index contributed by atoms with van der Waals surface area (Å²) >= 11 is 7.67. The van der Waals surface area contributed by atoms with Crippen molar-refractivity contribution >= 4 is 75.6 Å². The SMILES string of the molecule is Cc1c(C(=O)O)c(-c2cccc(N3CCN(c4ccc(NS(=O)(=O)c5ccc(N[C@H](CCOP(=O)(O)O)CSc6ccccc6)c([N+](=O)[O-])c5)cc4)CC3)c2)c(-c2ccc(Cl)cc2)n1C(C)C. The van der Waals surface area contributed by atoms with Gasteiger partial charge in [-0.1, -0.05) is 54.1 Å². The van der Waals surface area contributed by atoms with Crippen LogP contribution in [0.1, 0.15) is 42.4 Å². The number of benzene rings is 5. The Hall–Kier alpha value is -5.85. The minimum atomic E-state index is -4.75. The molecule has 0 amide bonds. The number of phosphoric acid groups is 1. The Morgan fingerprint density at radius 3 is 2.15 bits per heavy atom. The minimum Gasteiger partial charge on any atom is -0.478 e. The van der Waals surface area contributed by atoms with Crippen molar-refractivity contribution in [3.8, 4) is 22.4 Å². The molecule has 1 aromatic heterocycles.